The van der Waals surface area contributed by atoms with Crippen LogP contribution in [-0.2, 0) is 16.4 Å². The Morgan fingerprint density at radius 1 is 1.21 bits per heavy atom. The average Bonchev–Trinajstić information content (AvgIpc) is 3.15. The van der Waals surface area contributed by atoms with Crippen molar-refractivity contribution < 1.29 is 13.5 Å². The van der Waals surface area contributed by atoms with Crippen LogP contribution in [0.25, 0.3) is 10.2 Å². The summed E-state index contributed by atoms with van der Waals surface area (Å²) in [6.45, 7) is 6.65. The van der Waals surface area contributed by atoms with E-state index in [9.17, 15) is 13.5 Å². The molecule has 0 unspecified atom stereocenters. The van der Waals surface area contributed by atoms with E-state index in [-0.39, 0.29) is 29.0 Å². The molecule has 0 aliphatic carbocycles. The van der Waals surface area contributed by atoms with Crippen LogP contribution in [0.5, 0.6) is 5.75 Å². The van der Waals surface area contributed by atoms with Gasteiger partial charge in [-0.15, -0.1) is 11.3 Å². The molecule has 0 aliphatic rings. The van der Waals surface area contributed by atoms with Crippen LogP contribution in [-0.4, -0.2) is 31.6 Å². The molecule has 156 valence electrons. The van der Waals surface area contributed by atoms with Gasteiger partial charge in [0.2, 0.25) is 0 Å². The summed E-state index contributed by atoms with van der Waals surface area (Å²) in [5, 5.41) is 10.9. The van der Waals surface area contributed by atoms with Gasteiger partial charge in [-0.3, -0.25) is 4.31 Å². The lowest BCUT2D eigenvalue weighted by molar-refractivity contribution is 0.459. The van der Waals surface area contributed by atoms with Crippen molar-refractivity contribution >= 4 is 37.3 Å². The highest BCUT2D eigenvalue weighted by Gasteiger charge is 2.29. The maximum absolute atomic E-state index is 13.6. The Morgan fingerprint density at radius 3 is 2.66 bits per heavy atom. The molecular formula is C21H27N3O3S2. The Morgan fingerprint density at radius 2 is 1.97 bits per heavy atom. The molecule has 1 atom stereocenters. The zero-order valence-corrected chi connectivity index (χ0v) is 18.5. The van der Waals surface area contributed by atoms with Crippen molar-refractivity contribution in [3.05, 3.63) is 47.5 Å². The lowest BCUT2D eigenvalue weighted by Gasteiger charge is -2.28. The minimum atomic E-state index is -3.86. The van der Waals surface area contributed by atoms with Gasteiger partial charge in [-0.05, 0) is 54.6 Å². The Bertz CT molecular complexity index is 1090. The number of fused-ring (bicyclic) bond motifs is 1. The molecule has 3 aromatic rings. The Hall–Kier alpha value is -2.16. The third-order valence-electron chi connectivity index (χ3n) is 4.76. The lowest BCUT2D eigenvalue weighted by atomic mass is 10.00. The smallest absolute Gasteiger partial charge is 0.264 e. The van der Waals surface area contributed by atoms with Crippen molar-refractivity contribution in [2.24, 2.45) is 17.6 Å². The minimum absolute atomic E-state index is 0.00380. The van der Waals surface area contributed by atoms with Crippen molar-refractivity contribution in [2.45, 2.75) is 32.1 Å². The number of para-hydroxylation sites is 1. The summed E-state index contributed by atoms with van der Waals surface area (Å²) in [7, 11) is -3.86. The molecule has 0 bridgehead atoms. The molecule has 6 nitrogen and oxygen atoms in total. The maximum Gasteiger partial charge on any atom is 0.264 e. The second-order valence-electron chi connectivity index (χ2n) is 7.74. The van der Waals surface area contributed by atoms with Gasteiger partial charge in [0, 0.05) is 6.54 Å². The average molecular weight is 434 g/mol. The van der Waals surface area contributed by atoms with Crippen LogP contribution in [0, 0.1) is 11.8 Å². The number of nitrogens with zero attached hydrogens (tertiary/aromatic N) is 2. The fourth-order valence-electron chi connectivity index (χ4n) is 3.18. The van der Waals surface area contributed by atoms with E-state index in [4.69, 9.17) is 5.73 Å². The second-order valence-corrected chi connectivity index (χ2v) is 10.5. The number of benzene rings is 2. The van der Waals surface area contributed by atoms with Gasteiger partial charge in [-0.1, -0.05) is 32.9 Å². The molecule has 0 radical (unpaired) electrons. The highest BCUT2D eigenvalue weighted by molar-refractivity contribution is 7.92. The Labute approximate surface area is 176 Å². The molecule has 3 rings (SSSR count). The van der Waals surface area contributed by atoms with Crippen molar-refractivity contribution in [1.82, 2.24) is 4.98 Å². The van der Waals surface area contributed by atoms with E-state index >= 15 is 0 Å². The van der Waals surface area contributed by atoms with E-state index in [0.29, 0.717) is 24.2 Å². The summed E-state index contributed by atoms with van der Waals surface area (Å²) in [6.07, 6.45) is 0.582. The van der Waals surface area contributed by atoms with E-state index in [1.165, 1.54) is 15.6 Å². The summed E-state index contributed by atoms with van der Waals surface area (Å²) < 4.78 is 29.2. The van der Waals surface area contributed by atoms with Crippen LogP contribution in [0.4, 0.5) is 5.69 Å². The SMILES string of the molecule is CC(C)CN(c1cccc(C[C@@H](C)CN)c1O)S(=O)(=O)c1ccc2ncsc2c1. The minimum Gasteiger partial charge on any atom is -0.505 e. The van der Waals surface area contributed by atoms with Gasteiger partial charge >= 0.3 is 0 Å². The lowest BCUT2D eigenvalue weighted by Crippen LogP contribution is -2.34. The number of aromatic nitrogens is 1. The predicted octanol–water partition coefficient (Wildman–Crippen LogP) is 3.99. The number of phenols is 1. The van der Waals surface area contributed by atoms with Crippen LogP contribution < -0.4 is 10.0 Å². The van der Waals surface area contributed by atoms with Crippen LogP contribution in [0.3, 0.4) is 0 Å². The first-order chi connectivity index (χ1) is 13.7. The van der Waals surface area contributed by atoms with Crippen molar-refractivity contribution in [3.8, 4) is 5.75 Å². The molecule has 2 aromatic carbocycles. The first kappa shape index (κ1) is 21.5. The van der Waals surface area contributed by atoms with Crippen LogP contribution in [0.15, 0.2) is 46.8 Å². The fourth-order valence-corrected chi connectivity index (χ4v) is 5.64. The van der Waals surface area contributed by atoms with E-state index < -0.39 is 10.0 Å². The largest absolute Gasteiger partial charge is 0.505 e. The molecule has 0 amide bonds. The van der Waals surface area contributed by atoms with Crippen LogP contribution in [0.1, 0.15) is 26.3 Å². The molecule has 0 saturated heterocycles. The molecule has 3 N–H and O–H groups in total. The molecular weight excluding hydrogens is 406 g/mol. The van der Waals surface area contributed by atoms with E-state index in [1.54, 1.807) is 35.8 Å². The molecule has 0 fully saturated rings. The van der Waals surface area contributed by atoms with Crippen LogP contribution in [0.2, 0.25) is 0 Å². The summed E-state index contributed by atoms with van der Waals surface area (Å²) in [4.78, 5) is 4.40. The van der Waals surface area contributed by atoms with Crippen molar-refractivity contribution in [2.75, 3.05) is 17.4 Å². The zero-order chi connectivity index (χ0) is 21.2. The molecule has 0 saturated carbocycles. The summed E-state index contributed by atoms with van der Waals surface area (Å²) in [5.74, 6) is 0.249. The number of aromatic hydroxyl groups is 1. The monoisotopic (exact) mass is 433 g/mol. The van der Waals surface area contributed by atoms with Gasteiger partial charge in [0.15, 0.2) is 0 Å². The third-order valence-corrected chi connectivity index (χ3v) is 7.33. The van der Waals surface area contributed by atoms with Gasteiger partial charge in [0.25, 0.3) is 10.0 Å². The molecule has 1 aromatic heterocycles. The Balaban J connectivity index is 2.09. The first-order valence-corrected chi connectivity index (χ1v) is 11.9. The second kappa shape index (κ2) is 8.69. The van der Waals surface area contributed by atoms with Gasteiger partial charge in [-0.2, -0.15) is 0 Å². The summed E-state index contributed by atoms with van der Waals surface area (Å²) in [5.41, 5.74) is 9.18. The zero-order valence-electron chi connectivity index (χ0n) is 16.9. The highest BCUT2D eigenvalue weighted by atomic mass is 32.2. The normalized spacial score (nSPS) is 13.1. The number of phenolic OH excluding ortho intramolecular Hbond substituents is 1. The standard InChI is InChI=1S/C21H27N3O3S2/c1-14(2)12-24(19-6-4-5-16(21(19)25)9-15(3)11-22)29(26,27)17-7-8-18-20(10-17)28-13-23-18/h4-8,10,13-15,25H,9,11-12,22H2,1-3H3/t15-/m1/s1. The maximum atomic E-state index is 13.6. The number of rotatable bonds is 8. The number of sulfonamides is 1. The highest BCUT2D eigenvalue weighted by Crippen LogP contribution is 2.36. The number of hydrogen-bond acceptors (Lipinski definition) is 6. The molecule has 0 aliphatic heterocycles. The number of anilines is 1. The van der Waals surface area contributed by atoms with Gasteiger partial charge in [0.1, 0.15) is 5.75 Å². The number of hydrogen-bond donors (Lipinski definition) is 2. The Kier molecular flexibility index (Phi) is 6.45. The third kappa shape index (κ3) is 4.55. The summed E-state index contributed by atoms with van der Waals surface area (Å²) in [6, 6.07) is 10.2. The predicted molar refractivity (Wildman–Crippen MR) is 119 cm³/mol. The number of nitrogens with two attached hydrogens (primary N) is 1. The van der Waals surface area contributed by atoms with Crippen molar-refractivity contribution in [3.63, 3.8) is 0 Å². The first-order valence-electron chi connectivity index (χ1n) is 9.61. The number of thiazole rings is 1. The van der Waals surface area contributed by atoms with Crippen molar-refractivity contribution in [1.29, 1.82) is 0 Å². The van der Waals surface area contributed by atoms with Gasteiger partial charge in [-0.25, -0.2) is 13.4 Å². The molecule has 8 heteroatoms. The van der Waals surface area contributed by atoms with E-state index in [1.807, 2.05) is 26.8 Å². The quantitative estimate of drug-likeness (QED) is 0.560. The fraction of sp³-hybridized carbons (Fsp3) is 0.381. The van der Waals surface area contributed by atoms with E-state index in [0.717, 1.165) is 10.2 Å². The molecule has 0 spiro atoms. The van der Waals surface area contributed by atoms with E-state index in [2.05, 4.69) is 4.98 Å². The van der Waals surface area contributed by atoms with Crippen LogP contribution >= 0.6 is 11.3 Å². The van der Waals surface area contributed by atoms with Gasteiger partial charge in [0.05, 0.1) is 26.3 Å². The summed E-state index contributed by atoms with van der Waals surface area (Å²) >= 11 is 1.40. The topological polar surface area (TPSA) is 96.5 Å². The molecule has 29 heavy (non-hydrogen) atoms. The van der Waals surface area contributed by atoms with Gasteiger partial charge < -0.3 is 10.8 Å². The molecule has 1 heterocycles.